The summed E-state index contributed by atoms with van der Waals surface area (Å²) in [6.45, 7) is -0.181. The lowest BCUT2D eigenvalue weighted by atomic mass is 10.1. The molecule has 0 saturated carbocycles. The van der Waals surface area contributed by atoms with E-state index in [4.69, 9.17) is 10.4 Å². The first-order valence-electron chi connectivity index (χ1n) is 3.47. The minimum Gasteiger partial charge on any atom is -0.384 e. The van der Waals surface area contributed by atoms with Gasteiger partial charge in [0.2, 0.25) is 0 Å². The van der Waals surface area contributed by atoms with Gasteiger partial charge in [-0.25, -0.2) is 0 Å². The molecule has 0 aliphatic carbocycles. The molecule has 2 nitrogen and oxygen atoms in total. The van der Waals surface area contributed by atoms with E-state index in [1.165, 1.54) is 0 Å². The molecule has 0 radical (unpaired) electrons. The Morgan fingerprint density at radius 2 is 1.92 bits per heavy atom. The Labute approximate surface area is 71.1 Å². The molecule has 0 aromatic heterocycles. The summed E-state index contributed by atoms with van der Waals surface area (Å²) < 4.78 is 0. The van der Waals surface area contributed by atoms with E-state index in [0.29, 0.717) is 11.1 Å². The van der Waals surface area contributed by atoms with Crippen LogP contribution in [0, 0.1) is 23.2 Å². The molecular formula is C10H7NO. The Morgan fingerprint density at radius 1 is 1.25 bits per heavy atom. The number of aliphatic hydroxyl groups excluding tert-OH is 1. The first kappa shape index (κ1) is 8.33. The van der Waals surface area contributed by atoms with Crippen LogP contribution in [-0.4, -0.2) is 11.7 Å². The van der Waals surface area contributed by atoms with Crippen LogP contribution in [0.2, 0.25) is 0 Å². The molecule has 0 saturated heterocycles. The van der Waals surface area contributed by atoms with Gasteiger partial charge in [-0.05, 0) is 12.1 Å². The van der Waals surface area contributed by atoms with Crippen molar-refractivity contribution in [1.29, 1.82) is 5.26 Å². The quantitative estimate of drug-likeness (QED) is 0.569. The minimum absolute atomic E-state index is 0.181. The molecule has 0 bridgehead atoms. The Bertz CT molecular complexity index is 365. The molecule has 1 aromatic rings. The Morgan fingerprint density at radius 3 is 2.50 bits per heavy atom. The zero-order chi connectivity index (χ0) is 8.81. The maximum absolute atomic E-state index is 8.64. The number of hydrogen-bond acceptors (Lipinski definition) is 2. The zero-order valence-electron chi connectivity index (χ0n) is 6.41. The fraction of sp³-hybridized carbons (Fsp3) is 0.100. The highest BCUT2D eigenvalue weighted by molar-refractivity contribution is 5.47. The highest BCUT2D eigenvalue weighted by Gasteiger charge is 1.94. The van der Waals surface area contributed by atoms with Gasteiger partial charge < -0.3 is 5.11 Å². The van der Waals surface area contributed by atoms with Crippen LogP contribution in [0.25, 0.3) is 0 Å². The van der Waals surface area contributed by atoms with Crippen molar-refractivity contribution < 1.29 is 5.11 Å². The molecule has 2 heteroatoms. The lowest BCUT2D eigenvalue weighted by molar-refractivity contribution is 0.350. The molecule has 0 amide bonds. The molecule has 0 atom stereocenters. The van der Waals surface area contributed by atoms with E-state index in [-0.39, 0.29) is 6.61 Å². The molecule has 1 rings (SSSR count). The van der Waals surface area contributed by atoms with Gasteiger partial charge in [-0.15, -0.1) is 0 Å². The molecule has 0 spiro atoms. The third-order valence-corrected chi connectivity index (χ3v) is 1.35. The predicted molar refractivity (Wildman–Crippen MR) is 45.1 cm³/mol. The van der Waals surface area contributed by atoms with Gasteiger partial charge in [0.05, 0.1) is 5.56 Å². The molecule has 1 N–H and O–H groups in total. The van der Waals surface area contributed by atoms with Crippen molar-refractivity contribution in [3.05, 3.63) is 35.4 Å². The fourth-order valence-corrected chi connectivity index (χ4v) is 0.824. The second kappa shape index (κ2) is 4.18. The van der Waals surface area contributed by atoms with Crippen molar-refractivity contribution >= 4 is 0 Å². The highest BCUT2D eigenvalue weighted by Crippen LogP contribution is 2.04. The van der Waals surface area contributed by atoms with Crippen LogP contribution < -0.4 is 0 Å². The van der Waals surface area contributed by atoms with Gasteiger partial charge >= 0.3 is 0 Å². The second-order valence-electron chi connectivity index (χ2n) is 2.12. The van der Waals surface area contributed by atoms with Crippen LogP contribution >= 0.6 is 0 Å². The van der Waals surface area contributed by atoms with Gasteiger partial charge in [0.25, 0.3) is 0 Å². The van der Waals surface area contributed by atoms with Crippen molar-refractivity contribution in [2.24, 2.45) is 0 Å². The number of hydrogen-bond donors (Lipinski definition) is 1. The maximum atomic E-state index is 8.64. The number of benzene rings is 1. The lowest BCUT2D eigenvalue weighted by Crippen LogP contribution is -1.82. The lowest BCUT2D eigenvalue weighted by Gasteiger charge is -1.91. The standard InChI is InChI=1S/C10H7NO/c11-8-10-5-2-1-4-9(10)6-3-7-12/h1-2,4-5,12H,7H2. The summed E-state index contributed by atoms with van der Waals surface area (Å²) >= 11 is 0. The summed E-state index contributed by atoms with van der Waals surface area (Å²) in [5, 5.41) is 17.1. The van der Waals surface area contributed by atoms with Crippen molar-refractivity contribution in [3.63, 3.8) is 0 Å². The predicted octanol–water partition coefficient (Wildman–Crippen LogP) is 0.902. The average Bonchev–Trinajstić information content (AvgIpc) is 2.15. The molecule has 0 unspecified atom stereocenters. The normalized spacial score (nSPS) is 8.00. The summed E-state index contributed by atoms with van der Waals surface area (Å²) in [4.78, 5) is 0. The van der Waals surface area contributed by atoms with Crippen molar-refractivity contribution in [3.8, 4) is 17.9 Å². The van der Waals surface area contributed by atoms with E-state index in [1.807, 2.05) is 12.1 Å². The smallest absolute Gasteiger partial charge is 0.104 e. The first-order valence-corrected chi connectivity index (χ1v) is 3.47. The van der Waals surface area contributed by atoms with Gasteiger partial charge in [-0.1, -0.05) is 24.0 Å². The van der Waals surface area contributed by atoms with Gasteiger partial charge in [0, 0.05) is 5.56 Å². The van der Waals surface area contributed by atoms with Gasteiger partial charge in [0.15, 0.2) is 0 Å². The summed E-state index contributed by atoms with van der Waals surface area (Å²) in [6.07, 6.45) is 0. The van der Waals surface area contributed by atoms with Crippen LogP contribution in [0.5, 0.6) is 0 Å². The molecule has 0 heterocycles. The SMILES string of the molecule is N#Cc1ccccc1C#CCO. The van der Waals surface area contributed by atoms with Crippen LogP contribution in [0.15, 0.2) is 24.3 Å². The van der Waals surface area contributed by atoms with Gasteiger partial charge in [0.1, 0.15) is 12.7 Å². The molecule has 0 aliphatic heterocycles. The van der Waals surface area contributed by atoms with Crippen LogP contribution in [0.3, 0.4) is 0 Å². The van der Waals surface area contributed by atoms with E-state index in [2.05, 4.69) is 11.8 Å². The molecule has 1 aromatic carbocycles. The van der Waals surface area contributed by atoms with E-state index in [9.17, 15) is 0 Å². The van der Waals surface area contributed by atoms with Gasteiger partial charge in [-0.2, -0.15) is 5.26 Å². The summed E-state index contributed by atoms with van der Waals surface area (Å²) in [7, 11) is 0. The van der Waals surface area contributed by atoms with Crippen molar-refractivity contribution in [1.82, 2.24) is 0 Å². The van der Waals surface area contributed by atoms with Crippen molar-refractivity contribution in [2.45, 2.75) is 0 Å². The maximum Gasteiger partial charge on any atom is 0.104 e. The van der Waals surface area contributed by atoms with Gasteiger partial charge in [-0.3, -0.25) is 0 Å². The summed E-state index contributed by atoms with van der Waals surface area (Å²) in [5.41, 5.74) is 1.20. The fourth-order valence-electron chi connectivity index (χ4n) is 0.824. The topological polar surface area (TPSA) is 44.0 Å². The monoisotopic (exact) mass is 157 g/mol. The van der Waals surface area contributed by atoms with Crippen LogP contribution in [0.1, 0.15) is 11.1 Å². The second-order valence-corrected chi connectivity index (χ2v) is 2.12. The number of nitriles is 1. The average molecular weight is 157 g/mol. The van der Waals surface area contributed by atoms with E-state index in [1.54, 1.807) is 18.2 Å². The van der Waals surface area contributed by atoms with E-state index < -0.39 is 0 Å². The molecular weight excluding hydrogens is 150 g/mol. The molecule has 0 fully saturated rings. The van der Waals surface area contributed by atoms with Crippen LogP contribution in [-0.2, 0) is 0 Å². The largest absolute Gasteiger partial charge is 0.384 e. The summed E-state index contributed by atoms with van der Waals surface area (Å²) in [6, 6.07) is 9.06. The minimum atomic E-state index is -0.181. The molecule has 58 valence electrons. The zero-order valence-corrected chi connectivity index (χ0v) is 6.41. The number of nitrogens with zero attached hydrogens (tertiary/aromatic N) is 1. The number of aliphatic hydroxyl groups is 1. The van der Waals surface area contributed by atoms with Crippen LogP contribution in [0.4, 0.5) is 0 Å². The van der Waals surface area contributed by atoms with E-state index >= 15 is 0 Å². The number of rotatable bonds is 0. The third kappa shape index (κ3) is 1.85. The van der Waals surface area contributed by atoms with Crippen molar-refractivity contribution in [2.75, 3.05) is 6.61 Å². The first-order chi connectivity index (χ1) is 5.88. The third-order valence-electron chi connectivity index (χ3n) is 1.35. The molecule has 0 aliphatic rings. The highest BCUT2D eigenvalue weighted by atomic mass is 16.2. The Kier molecular flexibility index (Phi) is 2.90. The molecule has 12 heavy (non-hydrogen) atoms. The Balaban J connectivity index is 3.07. The van der Waals surface area contributed by atoms with E-state index in [0.717, 1.165) is 0 Å². The Hall–Kier alpha value is -1.77. The summed E-state index contributed by atoms with van der Waals surface area (Å²) in [5.74, 6) is 5.19.